The first-order valence-corrected chi connectivity index (χ1v) is 10.3. The molecule has 0 aromatic heterocycles. The summed E-state index contributed by atoms with van der Waals surface area (Å²) in [6.07, 6.45) is 4.37. The second kappa shape index (κ2) is 9.69. The fourth-order valence-corrected chi connectivity index (χ4v) is 3.99. The van der Waals surface area contributed by atoms with Crippen molar-refractivity contribution < 1.29 is 15.0 Å². The summed E-state index contributed by atoms with van der Waals surface area (Å²) in [6, 6.07) is 14.6. The quantitative estimate of drug-likeness (QED) is 0.553. The molecule has 0 saturated carbocycles. The number of benzene rings is 2. The van der Waals surface area contributed by atoms with E-state index in [1.807, 2.05) is 30.3 Å². The van der Waals surface area contributed by atoms with Crippen molar-refractivity contribution in [2.75, 3.05) is 18.1 Å². The maximum Gasteiger partial charge on any atom is 0.173 e. The van der Waals surface area contributed by atoms with Crippen LogP contribution in [-0.2, 0) is 4.79 Å². The van der Waals surface area contributed by atoms with Gasteiger partial charge in [-0.15, -0.1) is 0 Å². The maximum absolute atomic E-state index is 12.5. The monoisotopic (exact) mass is 392 g/mol. The van der Waals surface area contributed by atoms with Crippen molar-refractivity contribution >= 4 is 28.3 Å². The van der Waals surface area contributed by atoms with Crippen LogP contribution in [0.25, 0.3) is 16.8 Å². The van der Waals surface area contributed by atoms with Crippen molar-refractivity contribution in [1.29, 1.82) is 5.26 Å². The molecule has 3 rings (SSSR count). The zero-order chi connectivity index (χ0) is 20.8. The zero-order valence-electron chi connectivity index (χ0n) is 16.8. The number of aliphatic hydroxyl groups excluding tert-OH is 2. The van der Waals surface area contributed by atoms with Gasteiger partial charge in [0, 0.05) is 24.4 Å². The lowest BCUT2D eigenvalue weighted by atomic mass is 9.95. The summed E-state index contributed by atoms with van der Waals surface area (Å²) in [5.74, 6) is -0.314. The van der Waals surface area contributed by atoms with Crippen LogP contribution in [0.5, 0.6) is 0 Å². The standard InChI is InChI=1S/C24H28N2O3/c1-17-6-4-5-13-26(17)24-19(10-9-18-7-2-3-8-22(18)24)14-20(15-25)23(29)12-11-21(28)16-27/h2-3,7-10,14,17,21,27-28H,4-6,11-13,16H2,1H3/b20-14+. The number of fused-ring (bicyclic) bond motifs is 1. The number of carbonyl (C=O) groups excluding carboxylic acids is 1. The number of nitriles is 1. The highest BCUT2D eigenvalue weighted by molar-refractivity contribution is 6.06. The van der Waals surface area contributed by atoms with Crippen LogP contribution in [-0.4, -0.2) is 41.3 Å². The molecule has 0 amide bonds. The fraction of sp³-hybridized carbons (Fsp3) is 0.417. The average molecular weight is 392 g/mol. The number of hydrogen-bond donors (Lipinski definition) is 2. The highest BCUT2D eigenvalue weighted by Gasteiger charge is 2.23. The van der Waals surface area contributed by atoms with E-state index in [-0.39, 0.29) is 30.8 Å². The van der Waals surface area contributed by atoms with Gasteiger partial charge in [-0.2, -0.15) is 5.26 Å². The van der Waals surface area contributed by atoms with Gasteiger partial charge in [-0.3, -0.25) is 4.79 Å². The SMILES string of the molecule is CC1CCCCN1c1c(/C=C(\C#N)C(=O)CCC(O)CO)ccc2ccccc12. The van der Waals surface area contributed by atoms with Gasteiger partial charge in [-0.1, -0.05) is 36.4 Å². The summed E-state index contributed by atoms with van der Waals surface area (Å²) in [7, 11) is 0. The van der Waals surface area contributed by atoms with E-state index in [2.05, 4.69) is 24.0 Å². The molecule has 2 aromatic carbocycles. The number of piperidine rings is 1. The van der Waals surface area contributed by atoms with Crippen molar-refractivity contribution in [3.8, 4) is 6.07 Å². The van der Waals surface area contributed by atoms with Gasteiger partial charge < -0.3 is 15.1 Å². The molecule has 2 unspecified atom stereocenters. The number of nitrogens with zero attached hydrogens (tertiary/aromatic N) is 2. The minimum Gasteiger partial charge on any atom is -0.394 e. The smallest absolute Gasteiger partial charge is 0.173 e. The third-order valence-electron chi connectivity index (χ3n) is 5.66. The zero-order valence-corrected chi connectivity index (χ0v) is 16.8. The first-order valence-electron chi connectivity index (χ1n) is 10.3. The molecule has 1 saturated heterocycles. The molecule has 2 atom stereocenters. The van der Waals surface area contributed by atoms with Crippen molar-refractivity contribution in [3.63, 3.8) is 0 Å². The molecule has 1 heterocycles. The lowest BCUT2D eigenvalue weighted by molar-refractivity contribution is -0.115. The molecule has 0 radical (unpaired) electrons. The van der Waals surface area contributed by atoms with Crippen molar-refractivity contribution in [3.05, 3.63) is 47.5 Å². The van der Waals surface area contributed by atoms with Crippen molar-refractivity contribution in [2.45, 2.75) is 51.2 Å². The summed E-state index contributed by atoms with van der Waals surface area (Å²) in [6.45, 7) is 2.79. The Balaban J connectivity index is 2.03. The highest BCUT2D eigenvalue weighted by Crippen LogP contribution is 2.36. The van der Waals surface area contributed by atoms with Crippen LogP contribution < -0.4 is 4.90 Å². The van der Waals surface area contributed by atoms with Crippen LogP contribution in [0.4, 0.5) is 5.69 Å². The molecule has 5 nitrogen and oxygen atoms in total. The molecule has 0 aliphatic carbocycles. The number of anilines is 1. The Morgan fingerprint density at radius 3 is 2.83 bits per heavy atom. The van der Waals surface area contributed by atoms with Gasteiger partial charge in [0.1, 0.15) is 6.07 Å². The second-order valence-electron chi connectivity index (χ2n) is 7.73. The Kier molecular flexibility index (Phi) is 7.03. The van der Waals surface area contributed by atoms with Gasteiger partial charge in [0.15, 0.2) is 5.78 Å². The van der Waals surface area contributed by atoms with E-state index in [4.69, 9.17) is 5.11 Å². The van der Waals surface area contributed by atoms with Crippen molar-refractivity contribution in [2.24, 2.45) is 0 Å². The van der Waals surface area contributed by atoms with Crippen LogP contribution in [0.2, 0.25) is 0 Å². The van der Waals surface area contributed by atoms with E-state index in [1.165, 1.54) is 6.42 Å². The average Bonchev–Trinajstić information content (AvgIpc) is 2.75. The second-order valence-corrected chi connectivity index (χ2v) is 7.73. The predicted octanol–water partition coefficient (Wildman–Crippen LogP) is 3.83. The van der Waals surface area contributed by atoms with Crippen LogP contribution >= 0.6 is 0 Å². The van der Waals surface area contributed by atoms with Gasteiger partial charge in [0.05, 0.1) is 24.0 Å². The number of Topliss-reactive ketones (excluding diaryl/α,β-unsaturated/α-hetero) is 1. The topological polar surface area (TPSA) is 84.6 Å². The van der Waals surface area contributed by atoms with E-state index in [0.717, 1.165) is 41.4 Å². The Bertz CT molecular complexity index is 945. The maximum atomic E-state index is 12.5. The van der Waals surface area contributed by atoms with Crippen molar-refractivity contribution in [1.82, 2.24) is 0 Å². The third kappa shape index (κ3) is 4.84. The molecule has 0 bridgehead atoms. The van der Waals surface area contributed by atoms with E-state index in [0.29, 0.717) is 6.04 Å². The molecule has 5 heteroatoms. The number of carbonyl (C=O) groups is 1. The van der Waals surface area contributed by atoms with Gasteiger partial charge in [0.2, 0.25) is 0 Å². The van der Waals surface area contributed by atoms with E-state index < -0.39 is 6.10 Å². The first kappa shape index (κ1) is 21.0. The number of allylic oxidation sites excluding steroid dienone is 1. The number of ketones is 1. The Morgan fingerprint density at radius 2 is 2.10 bits per heavy atom. The van der Waals surface area contributed by atoms with E-state index in [1.54, 1.807) is 6.08 Å². The van der Waals surface area contributed by atoms with Crippen LogP contribution in [0.3, 0.4) is 0 Å². The van der Waals surface area contributed by atoms with Crippen LogP contribution in [0, 0.1) is 11.3 Å². The molecule has 152 valence electrons. The molecule has 29 heavy (non-hydrogen) atoms. The fourth-order valence-electron chi connectivity index (χ4n) is 3.99. The minimum absolute atomic E-state index is 0.0319. The summed E-state index contributed by atoms with van der Waals surface area (Å²) in [5, 5.41) is 30.3. The molecular formula is C24H28N2O3. The van der Waals surface area contributed by atoms with E-state index >= 15 is 0 Å². The predicted molar refractivity (Wildman–Crippen MR) is 116 cm³/mol. The number of hydrogen-bond acceptors (Lipinski definition) is 5. The molecule has 1 fully saturated rings. The Labute approximate surface area is 171 Å². The third-order valence-corrected chi connectivity index (χ3v) is 5.66. The van der Waals surface area contributed by atoms with Gasteiger partial charge >= 0.3 is 0 Å². The normalized spacial score (nSPS) is 18.5. The molecule has 0 spiro atoms. The summed E-state index contributed by atoms with van der Waals surface area (Å²) < 4.78 is 0. The lowest BCUT2D eigenvalue weighted by Crippen LogP contribution is -2.38. The van der Waals surface area contributed by atoms with Crippen LogP contribution in [0.15, 0.2) is 42.0 Å². The van der Waals surface area contributed by atoms with E-state index in [9.17, 15) is 15.2 Å². The summed E-state index contributed by atoms with van der Waals surface area (Å²) in [5.41, 5.74) is 2.02. The molecule has 1 aliphatic rings. The molecule has 2 N–H and O–H groups in total. The van der Waals surface area contributed by atoms with Gasteiger partial charge in [0.25, 0.3) is 0 Å². The molecule has 2 aromatic rings. The lowest BCUT2D eigenvalue weighted by Gasteiger charge is -2.37. The highest BCUT2D eigenvalue weighted by atomic mass is 16.3. The Hall–Kier alpha value is -2.68. The minimum atomic E-state index is -0.940. The number of aliphatic hydroxyl groups is 2. The first-order chi connectivity index (χ1) is 14.0. The van der Waals surface area contributed by atoms with Gasteiger partial charge in [-0.25, -0.2) is 0 Å². The summed E-state index contributed by atoms with van der Waals surface area (Å²) >= 11 is 0. The largest absolute Gasteiger partial charge is 0.394 e. The van der Waals surface area contributed by atoms with Gasteiger partial charge in [-0.05, 0) is 49.6 Å². The van der Waals surface area contributed by atoms with Crippen LogP contribution in [0.1, 0.15) is 44.6 Å². The summed E-state index contributed by atoms with van der Waals surface area (Å²) in [4.78, 5) is 14.9. The number of rotatable bonds is 7. The Morgan fingerprint density at radius 1 is 1.31 bits per heavy atom. The molecule has 1 aliphatic heterocycles. The molecular weight excluding hydrogens is 364 g/mol.